The number of para-hydroxylation sites is 1. The Balaban J connectivity index is 1.35. The Hall–Kier alpha value is -2.64. The van der Waals surface area contributed by atoms with Crippen LogP contribution in [0, 0.1) is 0 Å². The highest BCUT2D eigenvalue weighted by molar-refractivity contribution is 7.99. The number of fused-ring (bicyclic) bond motifs is 1. The molecule has 2 N–H and O–H groups in total. The predicted molar refractivity (Wildman–Crippen MR) is 115 cm³/mol. The molecule has 1 aliphatic rings. The number of hydrogen-bond acceptors (Lipinski definition) is 7. The summed E-state index contributed by atoms with van der Waals surface area (Å²) in [6, 6.07) is 15.4. The van der Waals surface area contributed by atoms with Gasteiger partial charge in [0.25, 0.3) is 0 Å². The first kappa shape index (κ1) is 19.7. The van der Waals surface area contributed by atoms with Gasteiger partial charge in [-0.15, -0.1) is 0 Å². The Kier molecular flexibility index (Phi) is 5.97. The maximum atomic E-state index is 11.3. The standard InChI is InChI=1S/C22H23N3O3S/c1-14(26)15-6-10-18(11-7-15)28-12-17(27)13-29-22-24-20-5-3-2-4-19(20)21(25-22)23-16-8-9-16/h2-7,10-11,16-17,27H,8-9,12-13H2,1H3,(H,23,24,25)/t17-/m0/s1. The fraction of sp³-hybridized carbons (Fsp3) is 0.318. The van der Waals surface area contributed by atoms with Crippen molar-refractivity contribution in [3.8, 4) is 5.75 Å². The molecular formula is C22H23N3O3S. The number of nitrogens with one attached hydrogen (secondary N) is 1. The monoisotopic (exact) mass is 409 g/mol. The first-order valence-electron chi connectivity index (χ1n) is 9.66. The number of thioether (sulfide) groups is 1. The van der Waals surface area contributed by atoms with E-state index in [1.54, 1.807) is 24.3 Å². The van der Waals surface area contributed by atoms with Crippen LogP contribution in [0.5, 0.6) is 5.75 Å². The third-order valence-electron chi connectivity index (χ3n) is 4.61. The fourth-order valence-corrected chi connectivity index (χ4v) is 3.60. The Labute approximate surface area is 173 Å². The maximum absolute atomic E-state index is 11.3. The molecule has 1 saturated carbocycles. The molecule has 1 aromatic heterocycles. The third kappa shape index (κ3) is 5.25. The van der Waals surface area contributed by atoms with Gasteiger partial charge < -0.3 is 15.2 Å². The van der Waals surface area contributed by atoms with Crippen LogP contribution in [0.1, 0.15) is 30.1 Å². The van der Waals surface area contributed by atoms with Gasteiger partial charge in [0.05, 0.1) is 11.6 Å². The van der Waals surface area contributed by atoms with Crippen LogP contribution < -0.4 is 10.1 Å². The van der Waals surface area contributed by atoms with Gasteiger partial charge in [0.15, 0.2) is 10.9 Å². The molecule has 6 nitrogen and oxygen atoms in total. The zero-order valence-electron chi connectivity index (χ0n) is 16.2. The van der Waals surface area contributed by atoms with E-state index in [-0.39, 0.29) is 12.4 Å². The number of nitrogens with zero attached hydrogens (tertiary/aromatic N) is 2. The smallest absolute Gasteiger partial charge is 0.190 e. The molecule has 0 aliphatic heterocycles. The second-order valence-corrected chi connectivity index (χ2v) is 8.13. The Morgan fingerprint density at radius 1 is 1.21 bits per heavy atom. The number of carbonyl (C=O) groups excluding carboxylic acids is 1. The van der Waals surface area contributed by atoms with E-state index in [1.165, 1.54) is 31.5 Å². The summed E-state index contributed by atoms with van der Waals surface area (Å²) in [5.41, 5.74) is 1.53. The van der Waals surface area contributed by atoms with Crippen molar-refractivity contribution >= 4 is 34.3 Å². The molecule has 0 amide bonds. The highest BCUT2D eigenvalue weighted by Crippen LogP contribution is 2.30. The minimum Gasteiger partial charge on any atom is -0.491 e. The summed E-state index contributed by atoms with van der Waals surface area (Å²) in [5, 5.41) is 15.4. The molecule has 1 aliphatic carbocycles. The zero-order valence-corrected chi connectivity index (χ0v) is 17.0. The molecule has 0 spiro atoms. The minimum absolute atomic E-state index is 0.0129. The molecule has 0 unspecified atom stereocenters. The van der Waals surface area contributed by atoms with Crippen LogP contribution in [0.25, 0.3) is 10.9 Å². The largest absolute Gasteiger partial charge is 0.491 e. The number of aliphatic hydroxyl groups excluding tert-OH is 1. The van der Waals surface area contributed by atoms with Crippen LogP contribution >= 0.6 is 11.8 Å². The van der Waals surface area contributed by atoms with Gasteiger partial charge in [-0.1, -0.05) is 23.9 Å². The number of rotatable bonds is 9. The van der Waals surface area contributed by atoms with E-state index in [2.05, 4.69) is 15.3 Å². The summed E-state index contributed by atoms with van der Waals surface area (Å²) in [6.07, 6.45) is 1.68. The fourth-order valence-electron chi connectivity index (χ4n) is 2.85. The molecular weight excluding hydrogens is 386 g/mol. The number of hydrogen-bond donors (Lipinski definition) is 2. The lowest BCUT2D eigenvalue weighted by Gasteiger charge is -2.13. The van der Waals surface area contributed by atoms with Crippen molar-refractivity contribution in [2.45, 2.75) is 37.1 Å². The lowest BCUT2D eigenvalue weighted by Crippen LogP contribution is -2.20. The summed E-state index contributed by atoms with van der Waals surface area (Å²) < 4.78 is 5.62. The van der Waals surface area contributed by atoms with Gasteiger partial charge in [0.1, 0.15) is 18.2 Å². The Bertz CT molecular complexity index is 1010. The summed E-state index contributed by atoms with van der Waals surface area (Å²) >= 11 is 1.41. The first-order valence-corrected chi connectivity index (χ1v) is 10.6. The van der Waals surface area contributed by atoms with Crippen LogP contribution in [0.3, 0.4) is 0 Å². The molecule has 4 rings (SSSR count). The van der Waals surface area contributed by atoms with Crippen molar-refractivity contribution in [2.75, 3.05) is 17.7 Å². The van der Waals surface area contributed by atoms with Crippen molar-refractivity contribution in [2.24, 2.45) is 0 Å². The van der Waals surface area contributed by atoms with E-state index < -0.39 is 6.10 Å². The Morgan fingerprint density at radius 2 is 1.97 bits per heavy atom. The van der Waals surface area contributed by atoms with Crippen molar-refractivity contribution < 1.29 is 14.6 Å². The topological polar surface area (TPSA) is 84.3 Å². The summed E-state index contributed by atoms with van der Waals surface area (Å²) in [7, 11) is 0. The van der Waals surface area contributed by atoms with Crippen LogP contribution in [-0.4, -0.2) is 45.4 Å². The van der Waals surface area contributed by atoms with Crippen LogP contribution in [0.2, 0.25) is 0 Å². The molecule has 1 atom stereocenters. The van der Waals surface area contributed by atoms with Gasteiger partial charge in [-0.05, 0) is 56.2 Å². The molecule has 7 heteroatoms. The van der Waals surface area contributed by atoms with Gasteiger partial charge in [0, 0.05) is 22.7 Å². The second-order valence-electron chi connectivity index (χ2n) is 7.15. The van der Waals surface area contributed by atoms with Crippen molar-refractivity contribution in [1.29, 1.82) is 0 Å². The number of carbonyl (C=O) groups is 1. The second kappa shape index (κ2) is 8.80. The van der Waals surface area contributed by atoms with E-state index in [1.807, 2.05) is 24.3 Å². The van der Waals surface area contributed by atoms with Gasteiger partial charge in [-0.2, -0.15) is 0 Å². The zero-order chi connectivity index (χ0) is 20.2. The summed E-state index contributed by atoms with van der Waals surface area (Å²) in [4.78, 5) is 20.6. The van der Waals surface area contributed by atoms with Crippen molar-refractivity contribution in [1.82, 2.24) is 9.97 Å². The van der Waals surface area contributed by atoms with Gasteiger partial charge in [-0.25, -0.2) is 9.97 Å². The van der Waals surface area contributed by atoms with Gasteiger partial charge >= 0.3 is 0 Å². The minimum atomic E-state index is -0.664. The van der Waals surface area contributed by atoms with Crippen LogP contribution in [0.15, 0.2) is 53.7 Å². The molecule has 0 radical (unpaired) electrons. The number of Topliss-reactive ketones (excluding diaryl/α,β-unsaturated/α-hetero) is 1. The van der Waals surface area contributed by atoms with E-state index >= 15 is 0 Å². The molecule has 29 heavy (non-hydrogen) atoms. The molecule has 3 aromatic rings. The number of anilines is 1. The molecule has 0 saturated heterocycles. The average molecular weight is 410 g/mol. The maximum Gasteiger partial charge on any atom is 0.190 e. The van der Waals surface area contributed by atoms with E-state index in [9.17, 15) is 9.90 Å². The first-order chi connectivity index (χ1) is 14.1. The molecule has 1 fully saturated rings. The SMILES string of the molecule is CC(=O)c1ccc(OC[C@H](O)CSc2nc(NC3CC3)c3ccccc3n2)cc1. The molecule has 1 heterocycles. The highest BCUT2D eigenvalue weighted by atomic mass is 32.2. The number of benzene rings is 2. The lowest BCUT2D eigenvalue weighted by atomic mass is 10.1. The third-order valence-corrected chi connectivity index (χ3v) is 5.60. The number of ketones is 1. The number of ether oxygens (including phenoxy) is 1. The quantitative estimate of drug-likeness (QED) is 0.315. The summed E-state index contributed by atoms with van der Waals surface area (Å²) in [6.45, 7) is 1.68. The Morgan fingerprint density at radius 3 is 2.69 bits per heavy atom. The van der Waals surface area contributed by atoms with Crippen LogP contribution in [-0.2, 0) is 0 Å². The van der Waals surface area contributed by atoms with E-state index in [4.69, 9.17) is 4.74 Å². The molecule has 2 aromatic carbocycles. The molecule has 0 bridgehead atoms. The van der Waals surface area contributed by atoms with Crippen LogP contribution in [0.4, 0.5) is 5.82 Å². The van der Waals surface area contributed by atoms with E-state index in [0.717, 1.165) is 16.7 Å². The molecule has 150 valence electrons. The highest BCUT2D eigenvalue weighted by Gasteiger charge is 2.23. The van der Waals surface area contributed by atoms with Crippen molar-refractivity contribution in [3.63, 3.8) is 0 Å². The van der Waals surface area contributed by atoms with E-state index in [0.29, 0.717) is 28.3 Å². The normalized spacial score (nSPS) is 14.6. The van der Waals surface area contributed by atoms with Gasteiger partial charge in [0.2, 0.25) is 0 Å². The summed E-state index contributed by atoms with van der Waals surface area (Å²) in [5.74, 6) is 1.92. The van der Waals surface area contributed by atoms with Crippen molar-refractivity contribution in [3.05, 3.63) is 54.1 Å². The van der Waals surface area contributed by atoms with Gasteiger partial charge in [-0.3, -0.25) is 4.79 Å². The number of aliphatic hydroxyl groups is 1. The number of aromatic nitrogens is 2. The average Bonchev–Trinajstić information content (AvgIpc) is 3.55. The predicted octanol–water partition coefficient (Wildman–Crippen LogP) is 3.94. The lowest BCUT2D eigenvalue weighted by molar-refractivity contribution is 0.101.